The molecule has 0 bridgehead atoms. The van der Waals surface area contributed by atoms with Crippen molar-refractivity contribution in [1.29, 1.82) is 0 Å². The van der Waals surface area contributed by atoms with Crippen LogP contribution in [0.5, 0.6) is 0 Å². The quantitative estimate of drug-likeness (QED) is 0.681. The Morgan fingerprint density at radius 3 is 2.22 bits per heavy atom. The molecule has 2 heteroatoms. The van der Waals surface area contributed by atoms with Crippen molar-refractivity contribution in [1.82, 2.24) is 0 Å². The molecule has 0 saturated heterocycles. The smallest absolute Gasteiger partial charge is 0.194 e. The van der Waals surface area contributed by atoms with Crippen molar-refractivity contribution in [2.45, 2.75) is 52.6 Å². The summed E-state index contributed by atoms with van der Waals surface area (Å²) in [6.45, 7) is 8.50. The first-order chi connectivity index (χ1) is 8.57. The lowest BCUT2D eigenvalue weighted by molar-refractivity contribution is -0.0116. The molecule has 0 aliphatic rings. The molecule has 0 aliphatic carbocycles. The van der Waals surface area contributed by atoms with Gasteiger partial charge in [0.2, 0.25) is 0 Å². The van der Waals surface area contributed by atoms with E-state index in [4.69, 9.17) is 4.74 Å². The number of ketones is 1. The van der Waals surface area contributed by atoms with Crippen LogP contribution in [-0.2, 0) is 11.2 Å². The summed E-state index contributed by atoms with van der Waals surface area (Å²) in [6, 6.07) is 7.91. The number of rotatable bonds is 7. The van der Waals surface area contributed by atoms with Gasteiger partial charge < -0.3 is 4.74 Å². The number of aryl methyl sites for hydroxylation is 1. The molecule has 1 aromatic carbocycles. The van der Waals surface area contributed by atoms with E-state index in [1.54, 1.807) is 0 Å². The predicted octanol–water partition coefficient (Wildman–Crippen LogP) is 4.03. The van der Waals surface area contributed by atoms with Crippen LogP contribution >= 0.6 is 0 Å². The summed E-state index contributed by atoms with van der Waals surface area (Å²) >= 11 is 0. The van der Waals surface area contributed by atoms with Crippen molar-refractivity contribution in [3.63, 3.8) is 0 Å². The van der Waals surface area contributed by atoms with Gasteiger partial charge in [0, 0.05) is 12.2 Å². The van der Waals surface area contributed by atoms with Crippen molar-refractivity contribution in [2.75, 3.05) is 6.61 Å². The molecule has 1 rings (SSSR count). The molecule has 0 aliphatic heterocycles. The summed E-state index contributed by atoms with van der Waals surface area (Å²) in [5.74, 6) is 0.0786. The number of hydrogen-bond donors (Lipinski definition) is 0. The average molecular weight is 248 g/mol. The molecule has 0 amide bonds. The summed E-state index contributed by atoms with van der Waals surface area (Å²) in [5, 5.41) is 0. The maximum Gasteiger partial charge on any atom is 0.194 e. The minimum atomic E-state index is -0.693. The maximum absolute atomic E-state index is 12.4. The third kappa shape index (κ3) is 3.42. The molecule has 2 nitrogen and oxygen atoms in total. The lowest BCUT2D eigenvalue weighted by Gasteiger charge is -2.26. The van der Waals surface area contributed by atoms with Crippen LogP contribution in [0.1, 0.15) is 56.5 Å². The van der Waals surface area contributed by atoms with Crippen molar-refractivity contribution in [3.8, 4) is 0 Å². The zero-order chi connectivity index (χ0) is 13.6. The molecule has 1 atom stereocenters. The molecule has 0 radical (unpaired) electrons. The first kappa shape index (κ1) is 14.9. The zero-order valence-electron chi connectivity index (χ0n) is 12.0. The van der Waals surface area contributed by atoms with E-state index in [0.29, 0.717) is 13.0 Å². The molecule has 0 spiro atoms. The van der Waals surface area contributed by atoms with E-state index in [0.717, 1.165) is 18.4 Å². The second kappa shape index (κ2) is 6.69. The van der Waals surface area contributed by atoms with Gasteiger partial charge in [-0.1, -0.05) is 44.5 Å². The molecule has 0 fully saturated rings. The Balaban J connectivity index is 2.88. The molecule has 100 valence electrons. The van der Waals surface area contributed by atoms with E-state index in [2.05, 4.69) is 6.92 Å². The molecule has 0 saturated carbocycles. The Morgan fingerprint density at radius 2 is 1.78 bits per heavy atom. The van der Waals surface area contributed by atoms with Gasteiger partial charge in [-0.2, -0.15) is 0 Å². The maximum atomic E-state index is 12.4. The second-order valence-corrected chi connectivity index (χ2v) is 4.79. The lowest BCUT2D eigenvalue weighted by atomic mass is 9.91. The second-order valence-electron chi connectivity index (χ2n) is 4.79. The minimum Gasteiger partial charge on any atom is -0.367 e. The Morgan fingerprint density at radius 1 is 1.17 bits per heavy atom. The van der Waals surface area contributed by atoms with Crippen LogP contribution < -0.4 is 0 Å². The van der Waals surface area contributed by atoms with E-state index in [-0.39, 0.29) is 5.78 Å². The Labute approximate surface area is 110 Å². The van der Waals surface area contributed by atoms with Crippen LogP contribution in [0.2, 0.25) is 0 Å². The van der Waals surface area contributed by atoms with Crippen LogP contribution in [0.4, 0.5) is 0 Å². The van der Waals surface area contributed by atoms with E-state index in [1.807, 2.05) is 45.0 Å². The number of Topliss-reactive ketones (excluding diaryl/α,β-unsaturated/α-hetero) is 1. The number of hydrogen-bond acceptors (Lipinski definition) is 2. The van der Waals surface area contributed by atoms with Gasteiger partial charge >= 0.3 is 0 Å². The topological polar surface area (TPSA) is 26.3 Å². The van der Waals surface area contributed by atoms with Crippen LogP contribution in [0, 0.1) is 0 Å². The first-order valence-electron chi connectivity index (χ1n) is 6.85. The Bertz CT molecular complexity index is 381. The van der Waals surface area contributed by atoms with Gasteiger partial charge in [0.15, 0.2) is 5.78 Å². The largest absolute Gasteiger partial charge is 0.367 e. The summed E-state index contributed by atoms with van der Waals surface area (Å²) in [4.78, 5) is 12.4. The van der Waals surface area contributed by atoms with Crippen molar-refractivity contribution in [2.24, 2.45) is 0 Å². The Kier molecular flexibility index (Phi) is 5.54. The van der Waals surface area contributed by atoms with Gasteiger partial charge in [-0.15, -0.1) is 0 Å². The standard InChI is InChI=1S/C16H24O2/c1-5-8-13-9-11-14(12-10-13)15(17)16(4,6-2)18-7-3/h9-12H,5-8H2,1-4H3. The van der Waals surface area contributed by atoms with Gasteiger partial charge in [0.25, 0.3) is 0 Å². The highest BCUT2D eigenvalue weighted by atomic mass is 16.5. The number of benzene rings is 1. The van der Waals surface area contributed by atoms with Crippen molar-refractivity contribution >= 4 is 5.78 Å². The summed E-state index contributed by atoms with van der Waals surface area (Å²) in [7, 11) is 0. The molecular formula is C16H24O2. The lowest BCUT2D eigenvalue weighted by Crippen LogP contribution is -2.37. The van der Waals surface area contributed by atoms with Crippen LogP contribution in [0.3, 0.4) is 0 Å². The molecule has 0 N–H and O–H groups in total. The molecule has 18 heavy (non-hydrogen) atoms. The molecule has 0 heterocycles. The van der Waals surface area contributed by atoms with E-state index >= 15 is 0 Å². The van der Waals surface area contributed by atoms with Crippen LogP contribution in [-0.4, -0.2) is 18.0 Å². The molecular weight excluding hydrogens is 224 g/mol. The third-order valence-corrected chi connectivity index (χ3v) is 3.37. The van der Waals surface area contributed by atoms with E-state index < -0.39 is 5.60 Å². The van der Waals surface area contributed by atoms with Gasteiger partial charge in [0.1, 0.15) is 5.60 Å². The zero-order valence-corrected chi connectivity index (χ0v) is 12.0. The minimum absolute atomic E-state index is 0.0786. The van der Waals surface area contributed by atoms with E-state index in [9.17, 15) is 4.79 Å². The van der Waals surface area contributed by atoms with E-state index in [1.165, 1.54) is 5.56 Å². The first-order valence-corrected chi connectivity index (χ1v) is 6.85. The Hall–Kier alpha value is -1.15. The normalized spacial score (nSPS) is 14.2. The molecule has 1 unspecified atom stereocenters. The van der Waals surface area contributed by atoms with Gasteiger partial charge in [-0.05, 0) is 32.3 Å². The van der Waals surface area contributed by atoms with Gasteiger partial charge in [-0.3, -0.25) is 4.79 Å². The van der Waals surface area contributed by atoms with Crippen LogP contribution in [0.25, 0.3) is 0 Å². The van der Waals surface area contributed by atoms with Gasteiger partial charge in [0.05, 0.1) is 0 Å². The SMILES string of the molecule is CCCc1ccc(C(=O)C(C)(CC)OCC)cc1. The summed E-state index contributed by atoms with van der Waals surface area (Å²) < 4.78 is 5.62. The average Bonchev–Trinajstić information content (AvgIpc) is 2.39. The monoisotopic (exact) mass is 248 g/mol. The number of ether oxygens (including phenoxy) is 1. The summed E-state index contributed by atoms with van der Waals surface area (Å²) in [6.07, 6.45) is 2.88. The van der Waals surface area contributed by atoms with Gasteiger partial charge in [-0.25, -0.2) is 0 Å². The predicted molar refractivity (Wildman–Crippen MR) is 75.1 cm³/mol. The fourth-order valence-electron chi connectivity index (χ4n) is 2.06. The third-order valence-electron chi connectivity index (χ3n) is 3.37. The molecule has 0 aromatic heterocycles. The number of carbonyl (C=O) groups is 1. The van der Waals surface area contributed by atoms with Crippen LogP contribution in [0.15, 0.2) is 24.3 Å². The highest BCUT2D eigenvalue weighted by Crippen LogP contribution is 2.22. The fourth-order valence-corrected chi connectivity index (χ4v) is 2.06. The highest BCUT2D eigenvalue weighted by Gasteiger charge is 2.32. The molecule has 1 aromatic rings. The van der Waals surface area contributed by atoms with Crippen molar-refractivity contribution < 1.29 is 9.53 Å². The summed E-state index contributed by atoms with van der Waals surface area (Å²) in [5.41, 5.74) is 1.33. The number of carbonyl (C=O) groups excluding carboxylic acids is 1. The highest BCUT2D eigenvalue weighted by molar-refractivity contribution is 6.02. The van der Waals surface area contributed by atoms with Crippen molar-refractivity contribution in [3.05, 3.63) is 35.4 Å². The fraction of sp³-hybridized carbons (Fsp3) is 0.562.